The Bertz CT molecular complexity index is 907. The van der Waals surface area contributed by atoms with Crippen LogP contribution in [0.5, 0.6) is 11.5 Å². The number of amides is 2. The molecule has 0 spiro atoms. The highest BCUT2D eigenvalue weighted by Crippen LogP contribution is 2.33. The van der Waals surface area contributed by atoms with Crippen LogP contribution in [0.25, 0.3) is 6.08 Å². The fourth-order valence-corrected chi connectivity index (χ4v) is 3.45. The Morgan fingerprint density at radius 2 is 1.86 bits per heavy atom. The van der Waals surface area contributed by atoms with Gasteiger partial charge in [0.1, 0.15) is 0 Å². The van der Waals surface area contributed by atoms with E-state index < -0.39 is 0 Å². The smallest absolute Gasteiger partial charge is 0.223 e. The highest BCUT2D eigenvalue weighted by molar-refractivity contribution is 5.81. The Hall–Kier alpha value is -3.28. The van der Waals surface area contributed by atoms with E-state index in [1.165, 1.54) is 6.92 Å². The van der Waals surface area contributed by atoms with Crippen molar-refractivity contribution in [2.75, 3.05) is 14.2 Å². The van der Waals surface area contributed by atoms with Crippen molar-refractivity contribution in [2.24, 2.45) is 0 Å². The van der Waals surface area contributed by atoms with Gasteiger partial charge in [-0.05, 0) is 23.3 Å². The number of methoxy groups -OCH3 is 2. The third-order valence-corrected chi connectivity index (χ3v) is 4.81. The van der Waals surface area contributed by atoms with Gasteiger partial charge in [-0.25, -0.2) is 0 Å². The number of carbonyl (C=O) groups excluding carboxylic acids is 2. The van der Waals surface area contributed by atoms with Gasteiger partial charge in [0.05, 0.1) is 26.7 Å². The van der Waals surface area contributed by atoms with Gasteiger partial charge in [0, 0.05) is 25.2 Å². The van der Waals surface area contributed by atoms with Crippen LogP contribution < -0.4 is 14.8 Å². The highest BCUT2D eigenvalue weighted by atomic mass is 16.5. The lowest BCUT2D eigenvalue weighted by Crippen LogP contribution is -2.35. The maximum Gasteiger partial charge on any atom is 0.223 e. The molecule has 6 nitrogen and oxygen atoms in total. The van der Waals surface area contributed by atoms with Crippen molar-refractivity contribution in [2.45, 2.75) is 25.9 Å². The minimum absolute atomic E-state index is 0.0991. The fraction of sp³-hybridized carbons (Fsp3) is 0.273. The number of para-hydroxylation sites is 1. The summed E-state index contributed by atoms with van der Waals surface area (Å²) < 4.78 is 10.7. The summed E-state index contributed by atoms with van der Waals surface area (Å²) in [6.45, 7) is 1.81. The number of rotatable bonds is 6. The molecule has 0 bridgehead atoms. The van der Waals surface area contributed by atoms with Crippen LogP contribution >= 0.6 is 0 Å². The lowest BCUT2D eigenvalue weighted by molar-refractivity contribution is -0.130. The Morgan fingerprint density at radius 1 is 1.07 bits per heavy atom. The highest BCUT2D eigenvalue weighted by Gasteiger charge is 2.28. The molecule has 1 atom stereocenters. The molecule has 1 aliphatic heterocycles. The first-order valence-corrected chi connectivity index (χ1v) is 9.07. The lowest BCUT2D eigenvalue weighted by atomic mass is 9.93. The van der Waals surface area contributed by atoms with Gasteiger partial charge in [-0.3, -0.25) is 9.59 Å². The van der Waals surface area contributed by atoms with Crippen molar-refractivity contribution in [1.29, 1.82) is 0 Å². The maximum atomic E-state index is 12.7. The monoisotopic (exact) mass is 380 g/mol. The minimum atomic E-state index is -0.328. The van der Waals surface area contributed by atoms with Crippen LogP contribution in [0.3, 0.4) is 0 Å². The normalized spacial score (nSPS) is 15.0. The zero-order chi connectivity index (χ0) is 20.1. The molecule has 2 aromatic carbocycles. The minimum Gasteiger partial charge on any atom is -0.493 e. The van der Waals surface area contributed by atoms with Crippen LogP contribution in [0.2, 0.25) is 0 Å². The summed E-state index contributed by atoms with van der Waals surface area (Å²) in [6, 6.07) is 13.0. The summed E-state index contributed by atoms with van der Waals surface area (Å²) in [5.74, 6) is 0.967. The SMILES string of the molecule is COc1cccc(CNC(=O)CC2c3ccccc3C=CN2C(C)=O)c1OC. The van der Waals surface area contributed by atoms with Crippen molar-refractivity contribution in [3.05, 3.63) is 65.4 Å². The fourth-order valence-electron chi connectivity index (χ4n) is 3.45. The van der Waals surface area contributed by atoms with Crippen LogP contribution in [0, 0.1) is 0 Å². The van der Waals surface area contributed by atoms with E-state index in [1.54, 1.807) is 31.4 Å². The molecule has 1 heterocycles. The largest absolute Gasteiger partial charge is 0.493 e. The summed E-state index contributed by atoms with van der Waals surface area (Å²) in [4.78, 5) is 26.3. The number of fused-ring (bicyclic) bond motifs is 1. The molecule has 2 aromatic rings. The third kappa shape index (κ3) is 4.01. The Balaban J connectivity index is 1.74. The van der Waals surface area contributed by atoms with Crippen LogP contribution in [0.1, 0.15) is 36.1 Å². The van der Waals surface area contributed by atoms with Gasteiger partial charge in [0.2, 0.25) is 11.8 Å². The molecule has 2 amide bonds. The molecule has 0 fully saturated rings. The summed E-state index contributed by atoms with van der Waals surface area (Å²) in [5, 5.41) is 2.93. The quantitative estimate of drug-likeness (QED) is 0.835. The van der Waals surface area contributed by atoms with Gasteiger partial charge in [-0.1, -0.05) is 36.4 Å². The maximum absolute atomic E-state index is 12.7. The first-order valence-electron chi connectivity index (χ1n) is 9.07. The van der Waals surface area contributed by atoms with Crippen molar-refractivity contribution >= 4 is 17.9 Å². The number of ether oxygens (including phenoxy) is 2. The number of nitrogens with one attached hydrogen (secondary N) is 1. The predicted molar refractivity (Wildman–Crippen MR) is 107 cm³/mol. The van der Waals surface area contributed by atoms with E-state index in [2.05, 4.69) is 5.32 Å². The van der Waals surface area contributed by atoms with E-state index in [9.17, 15) is 9.59 Å². The third-order valence-electron chi connectivity index (χ3n) is 4.81. The first-order chi connectivity index (χ1) is 13.5. The average Bonchev–Trinajstić information content (AvgIpc) is 2.71. The molecule has 1 N–H and O–H groups in total. The van der Waals surface area contributed by atoms with Crippen LogP contribution in [-0.2, 0) is 16.1 Å². The summed E-state index contributed by atoms with van der Waals surface area (Å²) in [6.07, 6.45) is 3.81. The number of nitrogens with zero attached hydrogens (tertiary/aromatic N) is 1. The summed E-state index contributed by atoms with van der Waals surface area (Å²) >= 11 is 0. The van der Waals surface area contributed by atoms with E-state index in [1.807, 2.05) is 42.5 Å². The van der Waals surface area contributed by atoms with Crippen LogP contribution in [0.15, 0.2) is 48.7 Å². The molecule has 0 radical (unpaired) electrons. The standard InChI is InChI=1S/C22H24N2O4/c1-15(25)24-12-11-16-7-4-5-9-18(16)19(24)13-21(26)23-14-17-8-6-10-20(27-2)22(17)28-3/h4-12,19H,13-14H2,1-3H3,(H,23,26). The first kappa shape index (κ1) is 19.5. The number of benzene rings is 2. The molecule has 0 saturated heterocycles. The van der Waals surface area contributed by atoms with E-state index in [0.717, 1.165) is 16.7 Å². The second-order valence-electron chi connectivity index (χ2n) is 6.52. The lowest BCUT2D eigenvalue weighted by Gasteiger charge is -2.32. The van der Waals surface area contributed by atoms with Gasteiger partial charge in [-0.15, -0.1) is 0 Å². The molecule has 1 aliphatic rings. The molecule has 0 aromatic heterocycles. The second-order valence-corrected chi connectivity index (χ2v) is 6.52. The van der Waals surface area contributed by atoms with Crippen molar-refractivity contribution in [1.82, 2.24) is 10.2 Å². The zero-order valence-corrected chi connectivity index (χ0v) is 16.3. The molecular weight excluding hydrogens is 356 g/mol. The van der Waals surface area contributed by atoms with Gasteiger partial charge in [0.15, 0.2) is 11.5 Å². The Kier molecular flexibility index (Phi) is 5.99. The van der Waals surface area contributed by atoms with E-state index in [0.29, 0.717) is 18.0 Å². The Labute approximate surface area is 164 Å². The second kappa shape index (κ2) is 8.61. The van der Waals surface area contributed by atoms with Gasteiger partial charge < -0.3 is 19.7 Å². The van der Waals surface area contributed by atoms with Crippen molar-refractivity contribution in [3.8, 4) is 11.5 Å². The zero-order valence-electron chi connectivity index (χ0n) is 16.3. The Morgan fingerprint density at radius 3 is 2.57 bits per heavy atom. The van der Waals surface area contributed by atoms with E-state index in [-0.39, 0.29) is 24.3 Å². The van der Waals surface area contributed by atoms with E-state index >= 15 is 0 Å². The van der Waals surface area contributed by atoms with E-state index in [4.69, 9.17) is 9.47 Å². The van der Waals surface area contributed by atoms with Crippen molar-refractivity contribution in [3.63, 3.8) is 0 Å². The molecule has 0 aliphatic carbocycles. The van der Waals surface area contributed by atoms with Crippen molar-refractivity contribution < 1.29 is 19.1 Å². The van der Waals surface area contributed by atoms with Crippen LogP contribution in [0.4, 0.5) is 0 Å². The predicted octanol–water partition coefficient (Wildman–Crippen LogP) is 3.28. The van der Waals surface area contributed by atoms with Crippen LogP contribution in [-0.4, -0.2) is 30.9 Å². The van der Waals surface area contributed by atoms with Gasteiger partial charge in [0.25, 0.3) is 0 Å². The number of hydrogen-bond acceptors (Lipinski definition) is 4. The molecule has 28 heavy (non-hydrogen) atoms. The summed E-state index contributed by atoms with van der Waals surface area (Å²) in [5.41, 5.74) is 2.81. The molecule has 3 rings (SSSR count). The molecule has 1 unspecified atom stereocenters. The number of carbonyl (C=O) groups is 2. The summed E-state index contributed by atoms with van der Waals surface area (Å²) in [7, 11) is 3.14. The average molecular weight is 380 g/mol. The molecule has 0 saturated carbocycles. The van der Waals surface area contributed by atoms with Gasteiger partial charge >= 0.3 is 0 Å². The molecular formula is C22H24N2O4. The number of hydrogen-bond donors (Lipinski definition) is 1. The molecule has 146 valence electrons. The molecule has 6 heteroatoms. The topological polar surface area (TPSA) is 67.9 Å². The van der Waals surface area contributed by atoms with Gasteiger partial charge in [-0.2, -0.15) is 0 Å².